The Labute approximate surface area is 221 Å². The zero-order chi connectivity index (χ0) is 27.4. The molecule has 0 amide bonds. The molecule has 0 bridgehead atoms. The maximum absolute atomic E-state index is 10.4. The molecule has 4 aromatic rings. The van der Waals surface area contributed by atoms with E-state index in [1.165, 1.54) is 29.0 Å². The molecule has 200 valence electrons. The number of hydrogen-bond donors (Lipinski definition) is 1. The van der Waals surface area contributed by atoms with Crippen LogP contribution in [0.2, 0.25) is 0 Å². The first kappa shape index (κ1) is 27.2. The highest BCUT2D eigenvalue weighted by atomic mass is 32.2. The Balaban J connectivity index is 0.000000219. The summed E-state index contributed by atoms with van der Waals surface area (Å²) >= 11 is 0. The van der Waals surface area contributed by atoms with Crippen molar-refractivity contribution in [3.05, 3.63) is 71.9 Å². The summed E-state index contributed by atoms with van der Waals surface area (Å²) in [4.78, 5) is -0.178. The minimum Gasteiger partial charge on any atom is -0.744 e. The number of aliphatic hydroxyl groups excluding tert-OH is 1. The highest BCUT2D eigenvalue weighted by Gasteiger charge is 2.28. The van der Waals surface area contributed by atoms with Crippen LogP contribution in [-0.4, -0.2) is 46.2 Å². The molecule has 2 aliphatic rings. The molecule has 0 unspecified atom stereocenters. The molecule has 3 aromatic carbocycles. The van der Waals surface area contributed by atoms with Crippen LogP contribution < -0.4 is 23.5 Å². The maximum Gasteiger partial charge on any atom is 0.231 e. The van der Waals surface area contributed by atoms with E-state index < -0.39 is 10.1 Å². The van der Waals surface area contributed by atoms with Gasteiger partial charge in [-0.1, -0.05) is 17.7 Å². The van der Waals surface area contributed by atoms with Crippen LogP contribution in [0.15, 0.2) is 65.7 Å². The molecule has 0 aliphatic carbocycles. The van der Waals surface area contributed by atoms with Crippen LogP contribution in [0.4, 0.5) is 0 Å². The summed E-state index contributed by atoms with van der Waals surface area (Å²) in [5.74, 6) is 3.18. The maximum atomic E-state index is 10.4. The number of aromatic nitrogens is 1. The number of pyridine rings is 1. The molecular weight excluding hydrogens is 510 g/mol. The predicted octanol–water partition coefficient (Wildman–Crippen LogP) is 3.60. The van der Waals surface area contributed by atoms with Gasteiger partial charge in [0.25, 0.3) is 0 Å². The Morgan fingerprint density at radius 1 is 0.947 bits per heavy atom. The van der Waals surface area contributed by atoms with E-state index in [4.69, 9.17) is 24.1 Å². The van der Waals surface area contributed by atoms with Crippen molar-refractivity contribution < 1.29 is 41.6 Å². The Bertz CT molecular complexity index is 1570. The zero-order valence-electron chi connectivity index (χ0n) is 21.6. The Hall–Kier alpha value is -3.86. The fourth-order valence-corrected chi connectivity index (χ4v) is 4.94. The van der Waals surface area contributed by atoms with Crippen molar-refractivity contribution in [3.63, 3.8) is 0 Å². The Kier molecular flexibility index (Phi) is 8.05. The number of aliphatic hydroxyl groups is 1. The highest BCUT2D eigenvalue weighted by Crippen LogP contribution is 2.41. The largest absolute Gasteiger partial charge is 0.744 e. The number of benzene rings is 3. The molecule has 0 spiro atoms. The fourth-order valence-electron chi connectivity index (χ4n) is 4.47. The third-order valence-corrected chi connectivity index (χ3v) is 7.16. The first-order valence-electron chi connectivity index (χ1n) is 11.8. The molecule has 1 N–H and O–H groups in total. The molecule has 0 atom stereocenters. The van der Waals surface area contributed by atoms with Gasteiger partial charge in [-0.15, -0.1) is 0 Å². The van der Waals surface area contributed by atoms with Crippen LogP contribution in [0.1, 0.15) is 11.1 Å². The van der Waals surface area contributed by atoms with Gasteiger partial charge in [0.2, 0.25) is 12.5 Å². The lowest BCUT2D eigenvalue weighted by molar-refractivity contribution is -0.686. The third kappa shape index (κ3) is 5.38. The number of methoxy groups -OCH3 is 2. The van der Waals surface area contributed by atoms with Crippen molar-refractivity contribution in [2.75, 3.05) is 28.1 Å². The van der Waals surface area contributed by atoms with Crippen molar-refractivity contribution in [3.8, 4) is 34.3 Å². The smallest absolute Gasteiger partial charge is 0.231 e. The minimum atomic E-state index is -4.27. The van der Waals surface area contributed by atoms with Gasteiger partial charge in [0.05, 0.1) is 30.1 Å². The fraction of sp³-hybridized carbons (Fsp3) is 0.250. The van der Waals surface area contributed by atoms with Crippen LogP contribution in [0.5, 0.6) is 23.0 Å². The van der Waals surface area contributed by atoms with Crippen molar-refractivity contribution in [1.29, 1.82) is 0 Å². The molecule has 1 aromatic heterocycles. The van der Waals surface area contributed by atoms with Gasteiger partial charge < -0.3 is 28.6 Å². The summed E-state index contributed by atoms with van der Waals surface area (Å²) in [7, 11) is 0.0692. The first-order valence-corrected chi connectivity index (χ1v) is 13.2. The lowest BCUT2D eigenvalue weighted by Gasteiger charge is -2.17. The average Bonchev–Trinajstić information content (AvgIpc) is 3.39. The van der Waals surface area contributed by atoms with E-state index in [-0.39, 0.29) is 4.90 Å². The molecule has 9 nitrogen and oxygen atoms in total. The topological polar surface area (TPSA) is 118 Å². The van der Waals surface area contributed by atoms with E-state index >= 15 is 0 Å². The average molecular weight is 540 g/mol. The lowest BCUT2D eigenvalue weighted by Crippen LogP contribution is -2.40. The molecule has 0 saturated carbocycles. The summed E-state index contributed by atoms with van der Waals surface area (Å²) in [6.45, 7) is 3.03. The lowest BCUT2D eigenvalue weighted by atomic mass is 9.95. The number of rotatable bonds is 3. The predicted molar refractivity (Wildman–Crippen MR) is 140 cm³/mol. The zero-order valence-corrected chi connectivity index (χ0v) is 22.4. The summed E-state index contributed by atoms with van der Waals surface area (Å²) in [5, 5.41) is 9.17. The molecular formula is C28H29NO8S. The number of aryl methyl sites for hydroxylation is 3. The van der Waals surface area contributed by atoms with E-state index in [2.05, 4.69) is 35.0 Å². The SMILES string of the molecule is CO.COc1ccc2cc3[n+](cc2c1OC)CCc1cc2c(cc1-3)OCO2.Cc1ccc(S(=O)(=O)[O-])cc1. The van der Waals surface area contributed by atoms with Gasteiger partial charge in [-0.25, -0.2) is 8.42 Å². The van der Waals surface area contributed by atoms with Crippen molar-refractivity contribution in [2.45, 2.75) is 24.8 Å². The second kappa shape index (κ2) is 11.3. The molecule has 0 fully saturated rings. The van der Waals surface area contributed by atoms with E-state index in [0.29, 0.717) is 6.79 Å². The number of hydrogen-bond acceptors (Lipinski definition) is 8. The molecule has 2 aliphatic heterocycles. The van der Waals surface area contributed by atoms with Gasteiger partial charge in [0.15, 0.2) is 35.7 Å². The second-order valence-corrected chi connectivity index (χ2v) is 9.92. The molecule has 0 saturated heterocycles. The van der Waals surface area contributed by atoms with Crippen molar-refractivity contribution >= 4 is 20.9 Å². The van der Waals surface area contributed by atoms with Crippen molar-refractivity contribution in [2.24, 2.45) is 0 Å². The second-order valence-electron chi connectivity index (χ2n) is 8.54. The quantitative estimate of drug-likeness (QED) is 0.310. The van der Waals surface area contributed by atoms with Crippen LogP contribution in [-0.2, 0) is 23.1 Å². The van der Waals surface area contributed by atoms with E-state index in [0.717, 1.165) is 59.4 Å². The van der Waals surface area contributed by atoms with Gasteiger partial charge in [-0.05, 0) is 54.3 Å². The summed E-state index contributed by atoms with van der Waals surface area (Å²) in [6, 6.07) is 16.2. The number of nitrogens with zero attached hydrogens (tertiary/aromatic N) is 1. The van der Waals surface area contributed by atoms with Gasteiger partial charge in [0.1, 0.15) is 10.1 Å². The third-order valence-electron chi connectivity index (χ3n) is 6.31. The number of ether oxygens (including phenoxy) is 4. The molecule has 3 heterocycles. The van der Waals surface area contributed by atoms with Crippen LogP contribution in [0.3, 0.4) is 0 Å². The highest BCUT2D eigenvalue weighted by molar-refractivity contribution is 7.85. The van der Waals surface area contributed by atoms with Crippen molar-refractivity contribution in [1.82, 2.24) is 0 Å². The summed E-state index contributed by atoms with van der Waals surface area (Å²) in [6.07, 6.45) is 3.11. The van der Waals surface area contributed by atoms with Crippen LogP contribution >= 0.6 is 0 Å². The van der Waals surface area contributed by atoms with E-state index in [1.54, 1.807) is 26.4 Å². The van der Waals surface area contributed by atoms with Crippen LogP contribution in [0.25, 0.3) is 22.0 Å². The van der Waals surface area contributed by atoms with Gasteiger partial charge in [0, 0.05) is 19.6 Å². The summed E-state index contributed by atoms with van der Waals surface area (Å²) < 4.78 is 55.5. The normalized spacial score (nSPS) is 12.8. The minimum absolute atomic E-state index is 0.178. The van der Waals surface area contributed by atoms with Gasteiger partial charge >= 0.3 is 0 Å². The standard InChI is InChI=1S/C20H18NO4.C7H8O3S.CH4O/c1-22-17-4-3-12-7-16-14-9-19-18(24-11-25-19)8-13(14)5-6-21(16)10-15(12)20(17)23-2;1-6-2-4-7(5-3-6)11(8,9)10;1-2/h3-4,7-10H,5-6,11H2,1-2H3;2-5H,1H3,(H,8,9,10);2H,1H3/q+1;;/p-1. The van der Waals surface area contributed by atoms with Crippen LogP contribution in [0, 0.1) is 6.92 Å². The Morgan fingerprint density at radius 3 is 2.26 bits per heavy atom. The summed E-state index contributed by atoms with van der Waals surface area (Å²) in [5.41, 5.74) is 4.60. The number of fused-ring (bicyclic) bond motifs is 5. The molecule has 38 heavy (non-hydrogen) atoms. The monoisotopic (exact) mass is 539 g/mol. The first-order chi connectivity index (χ1) is 18.3. The molecule has 10 heteroatoms. The molecule has 6 rings (SSSR count). The molecule has 0 radical (unpaired) electrons. The van der Waals surface area contributed by atoms with E-state index in [9.17, 15) is 13.0 Å². The Morgan fingerprint density at radius 2 is 1.63 bits per heavy atom. The van der Waals surface area contributed by atoms with E-state index in [1.807, 2.05) is 13.0 Å². The van der Waals surface area contributed by atoms with Gasteiger partial charge in [-0.3, -0.25) is 0 Å². The van der Waals surface area contributed by atoms with Gasteiger partial charge in [-0.2, -0.15) is 4.57 Å².